The molecule has 4 nitrogen and oxygen atoms in total. The van der Waals surface area contributed by atoms with Crippen LogP contribution in [0.5, 0.6) is 5.75 Å². The van der Waals surface area contributed by atoms with Crippen LogP contribution in [-0.2, 0) is 5.75 Å². The Morgan fingerprint density at radius 2 is 2.33 bits per heavy atom. The van der Waals surface area contributed by atoms with Gasteiger partial charge in [-0.25, -0.2) is 0 Å². The Labute approximate surface area is 110 Å². The highest BCUT2D eigenvalue weighted by molar-refractivity contribution is 7.98. The number of hydrogen-bond donors (Lipinski definition) is 0. The third-order valence-electron chi connectivity index (χ3n) is 2.98. The van der Waals surface area contributed by atoms with Crippen molar-refractivity contribution in [3.63, 3.8) is 0 Å². The van der Waals surface area contributed by atoms with Crippen molar-refractivity contribution in [1.29, 1.82) is 0 Å². The summed E-state index contributed by atoms with van der Waals surface area (Å²) in [6.45, 7) is 0. The molecular formula is C13H15N3OS. The van der Waals surface area contributed by atoms with Crippen LogP contribution in [0.15, 0.2) is 35.7 Å². The third kappa shape index (κ3) is 2.51. The van der Waals surface area contributed by atoms with Crippen molar-refractivity contribution in [2.24, 2.45) is 0 Å². The Balaban J connectivity index is 1.67. The van der Waals surface area contributed by atoms with Gasteiger partial charge in [0.1, 0.15) is 12.1 Å². The minimum atomic E-state index is 0.632. The van der Waals surface area contributed by atoms with Gasteiger partial charge in [-0.2, -0.15) is 0 Å². The molecule has 0 spiro atoms. The van der Waals surface area contributed by atoms with Crippen molar-refractivity contribution in [3.05, 3.63) is 36.2 Å². The van der Waals surface area contributed by atoms with Crippen molar-refractivity contribution >= 4 is 11.8 Å². The molecule has 18 heavy (non-hydrogen) atoms. The van der Waals surface area contributed by atoms with E-state index in [0.717, 1.165) is 16.7 Å². The number of benzene rings is 1. The molecule has 1 aliphatic carbocycles. The highest BCUT2D eigenvalue weighted by Crippen LogP contribution is 2.37. The molecule has 0 atom stereocenters. The quantitative estimate of drug-likeness (QED) is 0.776. The van der Waals surface area contributed by atoms with Gasteiger partial charge >= 0.3 is 0 Å². The van der Waals surface area contributed by atoms with Crippen LogP contribution >= 0.6 is 11.8 Å². The molecule has 2 aromatic rings. The topological polar surface area (TPSA) is 39.9 Å². The normalized spacial score (nSPS) is 14.7. The molecule has 3 rings (SSSR count). The van der Waals surface area contributed by atoms with E-state index in [0.29, 0.717) is 6.04 Å². The maximum atomic E-state index is 5.22. The maximum Gasteiger partial charge on any atom is 0.191 e. The predicted octanol–water partition coefficient (Wildman–Crippen LogP) is 2.91. The van der Waals surface area contributed by atoms with Crippen LogP contribution in [0.3, 0.4) is 0 Å². The van der Waals surface area contributed by atoms with Gasteiger partial charge in [-0.3, -0.25) is 0 Å². The molecule has 0 aliphatic heterocycles. The van der Waals surface area contributed by atoms with E-state index in [1.54, 1.807) is 18.9 Å². The molecule has 1 saturated carbocycles. The molecule has 5 heteroatoms. The highest BCUT2D eigenvalue weighted by Gasteiger charge is 2.26. The molecule has 0 unspecified atom stereocenters. The van der Waals surface area contributed by atoms with Gasteiger partial charge in [0, 0.05) is 11.8 Å². The summed E-state index contributed by atoms with van der Waals surface area (Å²) in [5.41, 5.74) is 1.24. The third-order valence-corrected chi connectivity index (χ3v) is 4.01. The number of thioether (sulfide) groups is 1. The lowest BCUT2D eigenvalue weighted by molar-refractivity contribution is 0.414. The summed E-state index contributed by atoms with van der Waals surface area (Å²) in [5, 5.41) is 9.19. The summed E-state index contributed by atoms with van der Waals surface area (Å²) in [6, 6.07) is 8.77. The molecule has 0 radical (unpaired) electrons. The van der Waals surface area contributed by atoms with Gasteiger partial charge < -0.3 is 9.30 Å². The van der Waals surface area contributed by atoms with E-state index in [-0.39, 0.29) is 0 Å². The van der Waals surface area contributed by atoms with E-state index < -0.39 is 0 Å². The second kappa shape index (κ2) is 5.02. The van der Waals surface area contributed by atoms with Crippen molar-refractivity contribution < 1.29 is 4.74 Å². The zero-order valence-corrected chi connectivity index (χ0v) is 11.1. The molecule has 1 fully saturated rings. The first-order valence-electron chi connectivity index (χ1n) is 6.02. The van der Waals surface area contributed by atoms with E-state index in [9.17, 15) is 0 Å². The number of ether oxygens (including phenoxy) is 1. The fourth-order valence-electron chi connectivity index (χ4n) is 1.85. The second-order valence-corrected chi connectivity index (χ2v) is 5.33. The lowest BCUT2D eigenvalue weighted by atomic mass is 10.2. The first-order valence-corrected chi connectivity index (χ1v) is 7.00. The molecule has 0 amide bonds. The van der Waals surface area contributed by atoms with Gasteiger partial charge in [-0.05, 0) is 30.5 Å². The maximum absolute atomic E-state index is 5.22. The zero-order chi connectivity index (χ0) is 12.4. The smallest absolute Gasteiger partial charge is 0.191 e. The van der Waals surface area contributed by atoms with Crippen molar-refractivity contribution in [1.82, 2.24) is 14.8 Å². The Hall–Kier alpha value is -1.49. The molecule has 1 aromatic heterocycles. The van der Waals surface area contributed by atoms with Crippen LogP contribution in [0.1, 0.15) is 24.4 Å². The van der Waals surface area contributed by atoms with Crippen molar-refractivity contribution in [3.8, 4) is 5.75 Å². The lowest BCUT2D eigenvalue weighted by Crippen LogP contribution is -1.94. The van der Waals surface area contributed by atoms with Gasteiger partial charge in [0.15, 0.2) is 5.16 Å². The standard InChI is InChI=1S/C13H15N3OS/c1-17-12-4-2-3-10(7-12)8-18-13-15-14-9-16(13)11-5-6-11/h2-4,7,9,11H,5-6,8H2,1H3. The van der Waals surface area contributed by atoms with E-state index in [4.69, 9.17) is 4.74 Å². The average Bonchev–Trinajstić information content (AvgIpc) is 3.15. The molecular weight excluding hydrogens is 246 g/mol. The number of nitrogens with zero attached hydrogens (tertiary/aromatic N) is 3. The molecule has 0 saturated heterocycles. The number of methoxy groups -OCH3 is 1. The Morgan fingerprint density at radius 1 is 1.44 bits per heavy atom. The van der Waals surface area contributed by atoms with E-state index in [1.807, 2.05) is 18.5 Å². The largest absolute Gasteiger partial charge is 0.497 e. The second-order valence-electron chi connectivity index (χ2n) is 4.39. The Morgan fingerprint density at radius 3 is 3.11 bits per heavy atom. The summed E-state index contributed by atoms with van der Waals surface area (Å²) in [4.78, 5) is 0. The lowest BCUT2D eigenvalue weighted by Gasteiger charge is -2.05. The van der Waals surface area contributed by atoms with E-state index >= 15 is 0 Å². The van der Waals surface area contributed by atoms with Crippen molar-refractivity contribution in [2.45, 2.75) is 29.8 Å². The van der Waals surface area contributed by atoms with Gasteiger partial charge in [0.2, 0.25) is 0 Å². The van der Waals surface area contributed by atoms with E-state index in [2.05, 4.69) is 26.9 Å². The number of aromatic nitrogens is 3. The fraction of sp³-hybridized carbons (Fsp3) is 0.385. The first-order chi connectivity index (χ1) is 8.86. The predicted molar refractivity (Wildman–Crippen MR) is 70.8 cm³/mol. The van der Waals surface area contributed by atoms with Crippen LogP contribution in [0.2, 0.25) is 0 Å². The molecule has 94 valence electrons. The SMILES string of the molecule is COc1cccc(CSc2nncn2C2CC2)c1. The molecule has 1 heterocycles. The summed E-state index contributed by atoms with van der Waals surface area (Å²) < 4.78 is 7.41. The van der Waals surface area contributed by atoms with E-state index in [1.165, 1.54) is 18.4 Å². The van der Waals surface area contributed by atoms with Crippen LogP contribution in [-0.4, -0.2) is 21.9 Å². The van der Waals surface area contributed by atoms with Crippen LogP contribution in [0, 0.1) is 0 Å². The molecule has 1 aromatic carbocycles. The molecule has 1 aliphatic rings. The van der Waals surface area contributed by atoms with Gasteiger partial charge in [-0.1, -0.05) is 23.9 Å². The number of hydrogen-bond acceptors (Lipinski definition) is 4. The molecule has 0 bridgehead atoms. The highest BCUT2D eigenvalue weighted by atomic mass is 32.2. The molecule has 0 N–H and O–H groups in total. The number of rotatable bonds is 5. The minimum Gasteiger partial charge on any atom is -0.497 e. The van der Waals surface area contributed by atoms with Crippen molar-refractivity contribution in [2.75, 3.05) is 7.11 Å². The Kier molecular flexibility index (Phi) is 3.23. The fourth-order valence-corrected chi connectivity index (χ4v) is 2.77. The zero-order valence-electron chi connectivity index (χ0n) is 10.2. The minimum absolute atomic E-state index is 0.632. The summed E-state index contributed by atoms with van der Waals surface area (Å²) >= 11 is 1.73. The summed E-state index contributed by atoms with van der Waals surface area (Å²) in [5.74, 6) is 1.79. The summed E-state index contributed by atoms with van der Waals surface area (Å²) in [6.07, 6.45) is 4.35. The van der Waals surface area contributed by atoms with Crippen LogP contribution in [0.4, 0.5) is 0 Å². The average molecular weight is 261 g/mol. The monoisotopic (exact) mass is 261 g/mol. The summed E-state index contributed by atoms with van der Waals surface area (Å²) in [7, 11) is 1.69. The first kappa shape index (κ1) is 11.6. The van der Waals surface area contributed by atoms with Crippen LogP contribution < -0.4 is 4.74 Å². The van der Waals surface area contributed by atoms with Gasteiger partial charge in [0.25, 0.3) is 0 Å². The Bertz CT molecular complexity index is 537. The van der Waals surface area contributed by atoms with Gasteiger partial charge in [0.05, 0.1) is 7.11 Å². The van der Waals surface area contributed by atoms with Gasteiger partial charge in [-0.15, -0.1) is 10.2 Å². The van der Waals surface area contributed by atoms with Crippen LogP contribution in [0.25, 0.3) is 0 Å².